The third-order valence-electron chi connectivity index (χ3n) is 1.55. The minimum atomic E-state index is -0.534. The fourth-order valence-electron chi connectivity index (χ4n) is 0.863. The van der Waals surface area contributed by atoms with Crippen LogP contribution in [-0.2, 0) is 28.5 Å². The third kappa shape index (κ3) is 15.8. The van der Waals surface area contributed by atoms with Gasteiger partial charge in [-0.15, -0.1) is 0 Å². The van der Waals surface area contributed by atoms with Crippen molar-refractivity contribution in [3.63, 3.8) is 0 Å². The van der Waals surface area contributed by atoms with Crippen LogP contribution in [0.1, 0.15) is 0 Å². The van der Waals surface area contributed by atoms with E-state index in [-0.39, 0.29) is 13.2 Å². The van der Waals surface area contributed by atoms with Crippen molar-refractivity contribution in [3.8, 4) is 0 Å². The van der Waals surface area contributed by atoms with Gasteiger partial charge in [0.1, 0.15) is 13.2 Å². The van der Waals surface area contributed by atoms with Gasteiger partial charge in [-0.25, -0.2) is 0 Å². The summed E-state index contributed by atoms with van der Waals surface area (Å²) in [6.07, 6.45) is 0. The number of hydrogen-bond donors (Lipinski definition) is 0. The van der Waals surface area contributed by atoms with Crippen LogP contribution in [0, 0.1) is 0 Å². The Labute approximate surface area is 115 Å². The number of hydrogen-bond acceptors (Lipinski definition) is 6. The fraction of sp³-hybridized carbons (Fsp3) is 0.800. The maximum absolute atomic E-state index is 10.3. The molecule has 0 spiro atoms. The summed E-state index contributed by atoms with van der Waals surface area (Å²) in [4.78, 5) is 20.6. The van der Waals surface area contributed by atoms with Crippen molar-refractivity contribution in [1.29, 1.82) is 0 Å². The quantitative estimate of drug-likeness (QED) is 0.366. The zero-order chi connectivity index (χ0) is 13.6. The molecule has 0 aromatic rings. The Kier molecular flexibility index (Phi) is 13.0. The molecule has 0 saturated carbocycles. The Balaban J connectivity index is 2.99. The highest BCUT2D eigenvalue weighted by molar-refractivity contribution is 6.64. The zero-order valence-corrected chi connectivity index (χ0v) is 11.4. The van der Waals surface area contributed by atoms with Crippen molar-refractivity contribution < 1.29 is 28.5 Å². The molecule has 0 atom stereocenters. The van der Waals surface area contributed by atoms with Crippen molar-refractivity contribution in [2.45, 2.75) is 0 Å². The van der Waals surface area contributed by atoms with Gasteiger partial charge in [-0.3, -0.25) is 9.59 Å². The lowest BCUT2D eigenvalue weighted by atomic mass is 10.7. The predicted octanol–water partition coefficient (Wildman–Crippen LogP) is 0.584. The molecule has 0 aliphatic carbocycles. The van der Waals surface area contributed by atoms with Crippen molar-refractivity contribution in [1.82, 2.24) is 0 Å². The number of ether oxygens (including phenoxy) is 4. The van der Waals surface area contributed by atoms with Crippen molar-refractivity contribution in [3.05, 3.63) is 0 Å². The predicted molar refractivity (Wildman–Crippen MR) is 65.0 cm³/mol. The molecule has 0 aromatic heterocycles. The lowest BCUT2D eigenvalue weighted by Crippen LogP contribution is -2.13. The van der Waals surface area contributed by atoms with Gasteiger partial charge in [0.25, 0.3) is 0 Å². The van der Waals surface area contributed by atoms with Crippen LogP contribution >= 0.6 is 23.2 Å². The van der Waals surface area contributed by atoms with E-state index >= 15 is 0 Å². The van der Waals surface area contributed by atoms with Crippen LogP contribution < -0.4 is 0 Å². The Morgan fingerprint density at radius 1 is 0.611 bits per heavy atom. The molecule has 0 aromatic carbocycles. The Bertz CT molecular complexity index is 212. The smallest absolute Gasteiger partial charge is 0.247 e. The van der Waals surface area contributed by atoms with E-state index in [2.05, 4.69) is 0 Å². The molecule has 0 N–H and O–H groups in total. The Morgan fingerprint density at radius 3 is 1.17 bits per heavy atom. The Hall–Kier alpha value is -0.240. The van der Waals surface area contributed by atoms with Gasteiger partial charge in [-0.1, -0.05) is 0 Å². The summed E-state index contributed by atoms with van der Waals surface area (Å²) in [6, 6.07) is 0. The second-order valence-corrected chi connectivity index (χ2v) is 3.88. The highest BCUT2D eigenvalue weighted by atomic mass is 35.5. The molecule has 0 aliphatic heterocycles. The van der Waals surface area contributed by atoms with Gasteiger partial charge < -0.3 is 18.9 Å². The summed E-state index contributed by atoms with van der Waals surface area (Å²) < 4.78 is 20.0. The van der Waals surface area contributed by atoms with Crippen LogP contribution in [0.15, 0.2) is 0 Å². The summed E-state index contributed by atoms with van der Waals surface area (Å²) in [6.45, 7) is 1.93. The van der Waals surface area contributed by atoms with E-state index < -0.39 is 10.5 Å². The first-order valence-electron chi connectivity index (χ1n) is 5.30. The molecular formula is C10H16Cl2O6. The molecule has 0 bridgehead atoms. The van der Waals surface area contributed by atoms with E-state index in [0.717, 1.165) is 0 Å². The van der Waals surface area contributed by atoms with Crippen molar-refractivity contribution in [2.24, 2.45) is 0 Å². The van der Waals surface area contributed by atoms with Gasteiger partial charge in [0.15, 0.2) is 0 Å². The van der Waals surface area contributed by atoms with E-state index in [9.17, 15) is 9.59 Å². The summed E-state index contributed by atoms with van der Waals surface area (Å²) in [5.41, 5.74) is 0. The second kappa shape index (κ2) is 13.2. The highest BCUT2D eigenvalue weighted by Gasteiger charge is 1.97. The number of carbonyl (C=O) groups is 2. The fourth-order valence-corrected chi connectivity index (χ4v) is 1.02. The maximum atomic E-state index is 10.3. The topological polar surface area (TPSA) is 71.1 Å². The standard InChI is InChI=1S/C10H16Cl2O6/c11-9(13)7-17-5-3-15-1-2-16-4-6-18-8-10(12)14/h1-8H2. The van der Waals surface area contributed by atoms with Crippen molar-refractivity contribution >= 4 is 33.7 Å². The average molecular weight is 303 g/mol. The lowest BCUT2D eigenvalue weighted by molar-refractivity contribution is -0.117. The van der Waals surface area contributed by atoms with Gasteiger partial charge in [-0.05, 0) is 23.2 Å². The number of halogens is 2. The maximum Gasteiger partial charge on any atom is 0.247 e. The zero-order valence-electron chi connectivity index (χ0n) is 9.86. The van der Waals surface area contributed by atoms with Gasteiger partial charge in [0.05, 0.1) is 39.6 Å². The van der Waals surface area contributed by atoms with E-state index in [1.54, 1.807) is 0 Å². The van der Waals surface area contributed by atoms with E-state index in [4.69, 9.17) is 42.1 Å². The van der Waals surface area contributed by atoms with Crippen LogP contribution in [-0.4, -0.2) is 63.3 Å². The molecule has 0 aliphatic rings. The minimum Gasteiger partial charge on any atom is -0.377 e. The van der Waals surface area contributed by atoms with Crippen LogP contribution in [0.5, 0.6) is 0 Å². The largest absolute Gasteiger partial charge is 0.377 e. The lowest BCUT2D eigenvalue weighted by Gasteiger charge is -2.06. The molecule has 6 nitrogen and oxygen atoms in total. The van der Waals surface area contributed by atoms with Crippen LogP contribution in [0.3, 0.4) is 0 Å². The normalized spacial score (nSPS) is 10.6. The number of carbonyl (C=O) groups excluding carboxylic acids is 2. The molecular weight excluding hydrogens is 287 g/mol. The average Bonchev–Trinajstić information content (AvgIpc) is 2.29. The van der Waals surface area contributed by atoms with E-state index in [1.165, 1.54) is 0 Å². The SMILES string of the molecule is O=C(Cl)COCCOCCOCCOCC(=O)Cl. The molecule has 18 heavy (non-hydrogen) atoms. The van der Waals surface area contributed by atoms with E-state index in [0.29, 0.717) is 39.6 Å². The highest BCUT2D eigenvalue weighted by Crippen LogP contribution is 1.86. The molecule has 0 unspecified atom stereocenters. The van der Waals surface area contributed by atoms with Gasteiger partial charge in [-0.2, -0.15) is 0 Å². The molecule has 0 amide bonds. The van der Waals surface area contributed by atoms with Gasteiger partial charge in [0.2, 0.25) is 10.5 Å². The molecule has 106 valence electrons. The molecule has 0 rings (SSSR count). The summed E-state index contributed by atoms with van der Waals surface area (Å²) in [5.74, 6) is 0. The molecule has 8 heteroatoms. The minimum absolute atomic E-state index is 0.113. The Morgan fingerprint density at radius 2 is 0.889 bits per heavy atom. The number of rotatable bonds is 13. The second-order valence-electron chi connectivity index (χ2n) is 3.04. The molecule has 0 saturated heterocycles. The molecule has 0 radical (unpaired) electrons. The van der Waals surface area contributed by atoms with Gasteiger partial charge in [0, 0.05) is 0 Å². The summed E-state index contributed by atoms with van der Waals surface area (Å²) in [7, 11) is 0. The van der Waals surface area contributed by atoms with Gasteiger partial charge >= 0.3 is 0 Å². The molecule has 0 fully saturated rings. The van der Waals surface area contributed by atoms with Crippen LogP contribution in [0.2, 0.25) is 0 Å². The van der Waals surface area contributed by atoms with Crippen LogP contribution in [0.25, 0.3) is 0 Å². The van der Waals surface area contributed by atoms with E-state index in [1.807, 2.05) is 0 Å². The third-order valence-corrected chi connectivity index (χ3v) is 1.77. The summed E-state index contributed by atoms with van der Waals surface area (Å²) >= 11 is 10.1. The first kappa shape index (κ1) is 17.8. The van der Waals surface area contributed by atoms with Crippen molar-refractivity contribution in [2.75, 3.05) is 52.9 Å². The first-order valence-corrected chi connectivity index (χ1v) is 6.06. The van der Waals surface area contributed by atoms with Crippen LogP contribution in [0.4, 0.5) is 0 Å². The first-order chi connectivity index (χ1) is 8.63. The monoisotopic (exact) mass is 302 g/mol. The summed E-state index contributed by atoms with van der Waals surface area (Å²) in [5, 5.41) is -1.07. The molecule has 0 heterocycles.